The molecule has 0 aromatic heterocycles. The molecule has 0 aliphatic heterocycles. The quantitative estimate of drug-likeness (QED) is 0.832. The summed E-state index contributed by atoms with van der Waals surface area (Å²) in [6.45, 7) is 5.48. The predicted octanol–water partition coefficient (Wildman–Crippen LogP) is 2.70. The summed E-state index contributed by atoms with van der Waals surface area (Å²) in [6, 6.07) is 6.90. The maximum absolute atomic E-state index is 12.2. The fourth-order valence-corrected chi connectivity index (χ4v) is 1.85. The minimum Gasteiger partial charge on any atom is -0.352 e. The number of hydrogen-bond acceptors (Lipinski definition) is 2. The van der Waals surface area contributed by atoms with Gasteiger partial charge in [-0.1, -0.05) is 26.3 Å². The summed E-state index contributed by atoms with van der Waals surface area (Å²) in [5.41, 5.74) is 1.10. The summed E-state index contributed by atoms with van der Waals surface area (Å²) >= 11 is 0. The Morgan fingerprint density at radius 1 is 1.15 bits per heavy atom. The first-order valence-electron chi connectivity index (χ1n) is 7.23. The second kappa shape index (κ2) is 8.35. The van der Waals surface area contributed by atoms with Crippen LogP contribution in [0, 0.1) is 0 Å². The zero-order valence-electron chi connectivity index (χ0n) is 12.6. The average molecular weight is 276 g/mol. The van der Waals surface area contributed by atoms with E-state index < -0.39 is 0 Å². The van der Waals surface area contributed by atoms with E-state index in [1.54, 1.807) is 36.2 Å². The zero-order chi connectivity index (χ0) is 15.0. The molecule has 0 unspecified atom stereocenters. The molecule has 4 nitrogen and oxygen atoms in total. The van der Waals surface area contributed by atoms with Crippen LogP contribution < -0.4 is 5.32 Å². The number of benzene rings is 1. The van der Waals surface area contributed by atoms with Gasteiger partial charge in [0.1, 0.15) is 0 Å². The number of rotatable bonds is 7. The van der Waals surface area contributed by atoms with Crippen molar-refractivity contribution in [2.24, 2.45) is 0 Å². The van der Waals surface area contributed by atoms with Crippen LogP contribution in [-0.4, -0.2) is 36.9 Å². The lowest BCUT2D eigenvalue weighted by atomic mass is 10.1. The number of carbonyl (C=O) groups excluding carboxylic acids is 2. The van der Waals surface area contributed by atoms with Crippen LogP contribution >= 0.6 is 0 Å². The molecule has 0 fully saturated rings. The monoisotopic (exact) mass is 276 g/mol. The van der Waals surface area contributed by atoms with Gasteiger partial charge in [-0.3, -0.25) is 9.59 Å². The van der Waals surface area contributed by atoms with Gasteiger partial charge in [-0.05, 0) is 31.0 Å². The molecular formula is C16H24N2O2. The van der Waals surface area contributed by atoms with E-state index in [4.69, 9.17) is 0 Å². The SMILES string of the molecule is CCCCN(C)C(=O)c1cccc(C(=O)NCCC)c1. The largest absolute Gasteiger partial charge is 0.352 e. The molecule has 4 heteroatoms. The molecule has 0 heterocycles. The molecule has 0 atom stereocenters. The van der Waals surface area contributed by atoms with E-state index in [1.807, 2.05) is 6.92 Å². The molecule has 0 saturated heterocycles. The van der Waals surface area contributed by atoms with Crippen molar-refractivity contribution in [1.82, 2.24) is 10.2 Å². The van der Waals surface area contributed by atoms with E-state index in [2.05, 4.69) is 12.2 Å². The van der Waals surface area contributed by atoms with Gasteiger partial charge in [0.05, 0.1) is 0 Å². The normalized spacial score (nSPS) is 10.2. The number of nitrogens with zero attached hydrogens (tertiary/aromatic N) is 1. The maximum Gasteiger partial charge on any atom is 0.253 e. The summed E-state index contributed by atoms with van der Waals surface area (Å²) < 4.78 is 0. The molecule has 1 N–H and O–H groups in total. The van der Waals surface area contributed by atoms with Crippen LogP contribution in [0.3, 0.4) is 0 Å². The van der Waals surface area contributed by atoms with Gasteiger partial charge < -0.3 is 10.2 Å². The molecule has 20 heavy (non-hydrogen) atoms. The molecule has 0 aliphatic rings. The van der Waals surface area contributed by atoms with Gasteiger partial charge in [-0.2, -0.15) is 0 Å². The van der Waals surface area contributed by atoms with Gasteiger partial charge in [-0.15, -0.1) is 0 Å². The van der Waals surface area contributed by atoms with Gasteiger partial charge in [0.2, 0.25) is 0 Å². The van der Waals surface area contributed by atoms with Crippen molar-refractivity contribution < 1.29 is 9.59 Å². The third kappa shape index (κ3) is 4.68. The van der Waals surface area contributed by atoms with E-state index in [1.165, 1.54) is 0 Å². The Balaban J connectivity index is 2.76. The molecule has 0 radical (unpaired) electrons. The van der Waals surface area contributed by atoms with Gasteiger partial charge in [-0.25, -0.2) is 0 Å². The second-order valence-corrected chi connectivity index (χ2v) is 4.92. The summed E-state index contributed by atoms with van der Waals surface area (Å²) in [5.74, 6) is -0.165. The fourth-order valence-electron chi connectivity index (χ4n) is 1.85. The standard InChI is InChI=1S/C16H24N2O2/c1-4-6-11-18(3)16(20)14-9-7-8-13(12-14)15(19)17-10-5-2/h7-9,12H,4-6,10-11H2,1-3H3,(H,17,19). The lowest BCUT2D eigenvalue weighted by Crippen LogP contribution is -2.28. The minimum atomic E-state index is -0.127. The molecule has 0 aliphatic carbocycles. The van der Waals surface area contributed by atoms with E-state index in [9.17, 15) is 9.59 Å². The fraction of sp³-hybridized carbons (Fsp3) is 0.500. The summed E-state index contributed by atoms with van der Waals surface area (Å²) in [5, 5.41) is 2.81. The van der Waals surface area contributed by atoms with E-state index >= 15 is 0 Å². The van der Waals surface area contributed by atoms with Crippen molar-refractivity contribution in [2.45, 2.75) is 33.1 Å². The third-order valence-corrected chi connectivity index (χ3v) is 3.10. The van der Waals surface area contributed by atoms with Crippen LogP contribution in [0.1, 0.15) is 53.8 Å². The van der Waals surface area contributed by atoms with E-state index in [-0.39, 0.29) is 11.8 Å². The first-order valence-corrected chi connectivity index (χ1v) is 7.23. The zero-order valence-corrected chi connectivity index (χ0v) is 12.6. The lowest BCUT2D eigenvalue weighted by molar-refractivity contribution is 0.0793. The third-order valence-electron chi connectivity index (χ3n) is 3.10. The Labute approximate surface area is 121 Å². The highest BCUT2D eigenvalue weighted by molar-refractivity contribution is 5.99. The highest BCUT2D eigenvalue weighted by Crippen LogP contribution is 2.09. The topological polar surface area (TPSA) is 49.4 Å². The molecule has 2 amide bonds. The number of hydrogen-bond donors (Lipinski definition) is 1. The second-order valence-electron chi connectivity index (χ2n) is 4.92. The minimum absolute atomic E-state index is 0.0383. The molecule has 0 saturated carbocycles. The molecule has 1 aromatic carbocycles. The van der Waals surface area contributed by atoms with Gasteiger partial charge in [0.25, 0.3) is 11.8 Å². The highest BCUT2D eigenvalue weighted by atomic mass is 16.2. The Kier molecular flexibility index (Phi) is 6.77. The molecule has 0 bridgehead atoms. The van der Waals surface area contributed by atoms with Gasteiger partial charge >= 0.3 is 0 Å². The Morgan fingerprint density at radius 2 is 1.85 bits per heavy atom. The Bertz CT molecular complexity index is 458. The van der Waals surface area contributed by atoms with Crippen LogP contribution in [-0.2, 0) is 0 Å². The van der Waals surface area contributed by atoms with Crippen LogP contribution in [0.25, 0.3) is 0 Å². The average Bonchev–Trinajstić information content (AvgIpc) is 2.49. The highest BCUT2D eigenvalue weighted by Gasteiger charge is 2.13. The molecular weight excluding hydrogens is 252 g/mol. The van der Waals surface area contributed by atoms with Crippen molar-refractivity contribution in [2.75, 3.05) is 20.1 Å². The molecule has 1 aromatic rings. The smallest absolute Gasteiger partial charge is 0.253 e. The van der Waals surface area contributed by atoms with Crippen molar-refractivity contribution in [3.8, 4) is 0 Å². The number of carbonyl (C=O) groups is 2. The van der Waals surface area contributed by atoms with Crippen molar-refractivity contribution in [3.05, 3.63) is 35.4 Å². The summed E-state index contributed by atoms with van der Waals surface area (Å²) in [4.78, 5) is 25.8. The number of unbranched alkanes of at least 4 members (excludes halogenated alkanes) is 1. The molecule has 1 rings (SSSR count). The van der Waals surface area contributed by atoms with Crippen molar-refractivity contribution in [3.63, 3.8) is 0 Å². The molecule has 110 valence electrons. The van der Waals surface area contributed by atoms with E-state index in [0.717, 1.165) is 25.8 Å². The number of nitrogens with one attached hydrogen (secondary N) is 1. The summed E-state index contributed by atoms with van der Waals surface area (Å²) in [6.07, 6.45) is 2.93. The van der Waals surface area contributed by atoms with Crippen LogP contribution in [0.2, 0.25) is 0 Å². The van der Waals surface area contributed by atoms with Gasteiger partial charge in [0.15, 0.2) is 0 Å². The van der Waals surface area contributed by atoms with Crippen LogP contribution in [0.15, 0.2) is 24.3 Å². The number of amides is 2. The maximum atomic E-state index is 12.2. The first-order chi connectivity index (χ1) is 9.60. The van der Waals surface area contributed by atoms with E-state index in [0.29, 0.717) is 17.7 Å². The van der Waals surface area contributed by atoms with Crippen LogP contribution in [0.4, 0.5) is 0 Å². The summed E-state index contributed by atoms with van der Waals surface area (Å²) in [7, 11) is 1.79. The molecule has 0 spiro atoms. The Morgan fingerprint density at radius 3 is 2.50 bits per heavy atom. The van der Waals surface area contributed by atoms with Crippen LogP contribution in [0.5, 0.6) is 0 Å². The predicted molar refractivity (Wildman–Crippen MR) is 80.9 cm³/mol. The lowest BCUT2D eigenvalue weighted by Gasteiger charge is -2.17. The Hall–Kier alpha value is -1.84. The first kappa shape index (κ1) is 16.2. The van der Waals surface area contributed by atoms with Crippen molar-refractivity contribution in [1.29, 1.82) is 0 Å². The van der Waals surface area contributed by atoms with Crippen molar-refractivity contribution >= 4 is 11.8 Å². The van der Waals surface area contributed by atoms with Gasteiger partial charge in [0, 0.05) is 31.3 Å².